The fourth-order valence-electron chi connectivity index (χ4n) is 2.49. The first-order valence-electron chi connectivity index (χ1n) is 7.80. The highest BCUT2D eigenvalue weighted by molar-refractivity contribution is 5.82. The van der Waals surface area contributed by atoms with E-state index in [1.54, 1.807) is 0 Å². The molecule has 21 heavy (non-hydrogen) atoms. The minimum absolute atomic E-state index is 0.549. The first-order valence-corrected chi connectivity index (χ1v) is 7.80. The van der Waals surface area contributed by atoms with Crippen LogP contribution in [0.4, 0.5) is 0 Å². The molecule has 1 N–H and O–H groups in total. The molecule has 1 heterocycles. The molecule has 0 bridgehead atoms. The lowest BCUT2D eigenvalue weighted by molar-refractivity contribution is 0.105. The van der Waals surface area contributed by atoms with Gasteiger partial charge in [-0.2, -0.15) is 0 Å². The van der Waals surface area contributed by atoms with Gasteiger partial charge in [0, 0.05) is 30.1 Å². The molecule has 3 heteroatoms. The van der Waals surface area contributed by atoms with Crippen molar-refractivity contribution in [3.8, 4) is 0 Å². The molecule has 3 rings (SSSR count). The number of nitrogens with one attached hydrogen (secondary N) is 1. The van der Waals surface area contributed by atoms with Crippen molar-refractivity contribution in [2.24, 2.45) is 0 Å². The van der Waals surface area contributed by atoms with Crippen LogP contribution in [0.15, 0.2) is 41.3 Å². The van der Waals surface area contributed by atoms with Gasteiger partial charge in [0.1, 0.15) is 18.0 Å². The maximum Gasteiger partial charge on any atom is 0.135 e. The summed E-state index contributed by atoms with van der Waals surface area (Å²) in [6.07, 6.45) is 6.53. The van der Waals surface area contributed by atoms with Crippen LogP contribution >= 0.6 is 0 Å². The van der Waals surface area contributed by atoms with E-state index >= 15 is 0 Å². The Balaban J connectivity index is 1.68. The second-order valence-electron chi connectivity index (χ2n) is 5.64. The molecule has 112 valence electrons. The van der Waals surface area contributed by atoms with Gasteiger partial charge in [0.05, 0.1) is 0 Å². The summed E-state index contributed by atoms with van der Waals surface area (Å²) in [7, 11) is 0. The van der Waals surface area contributed by atoms with E-state index in [4.69, 9.17) is 9.15 Å². The molecule has 1 aliphatic carbocycles. The molecule has 0 atom stereocenters. The predicted octanol–water partition coefficient (Wildman–Crippen LogP) is 4.17. The van der Waals surface area contributed by atoms with Crippen molar-refractivity contribution < 1.29 is 9.15 Å². The zero-order valence-corrected chi connectivity index (χ0v) is 12.4. The molecule has 3 nitrogen and oxygen atoms in total. The van der Waals surface area contributed by atoms with E-state index in [1.165, 1.54) is 23.8 Å². The van der Waals surface area contributed by atoms with Crippen molar-refractivity contribution in [3.63, 3.8) is 0 Å². The van der Waals surface area contributed by atoms with Gasteiger partial charge >= 0.3 is 0 Å². The number of benzene rings is 1. The van der Waals surface area contributed by atoms with Gasteiger partial charge in [0.2, 0.25) is 0 Å². The van der Waals surface area contributed by atoms with Crippen LogP contribution in [0.25, 0.3) is 11.0 Å². The predicted molar refractivity (Wildman–Crippen MR) is 85.2 cm³/mol. The molecule has 1 aliphatic rings. The van der Waals surface area contributed by atoms with Gasteiger partial charge in [-0.15, -0.1) is 6.58 Å². The van der Waals surface area contributed by atoms with Crippen molar-refractivity contribution in [1.29, 1.82) is 0 Å². The summed E-state index contributed by atoms with van der Waals surface area (Å²) >= 11 is 0. The van der Waals surface area contributed by atoms with Gasteiger partial charge in [-0.3, -0.25) is 0 Å². The Morgan fingerprint density at radius 1 is 1.33 bits per heavy atom. The summed E-state index contributed by atoms with van der Waals surface area (Å²) in [6.45, 7) is 5.89. The van der Waals surface area contributed by atoms with Crippen LogP contribution in [-0.4, -0.2) is 12.6 Å². The number of ether oxygens (including phenoxy) is 1. The van der Waals surface area contributed by atoms with E-state index in [0.29, 0.717) is 12.6 Å². The number of fused-ring (bicyclic) bond motifs is 1. The van der Waals surface area contributed by atoms with Gasteiger partial charge in [0.25, 0.3) is 0 Å². The highest BCUT2D eigenvalue weighted by Crippen LogP contribution is 2.28. The maximum atomic E-state index is 5.97. The molecular formula is C18H23NO2. The molecule has 1 saturated carbocycles. The van der Waals surface area contributed by atoms with Crippen LogP contribution in [0.5, 0.6) is 0 Å². The van der Waals surface area contributed by atoms with Crippen LogP contribution < -0.4 is 5.32 Å². The van der Waals surface area contributed by atoms with Crippen molar-refractivity contribution >= 4 is 11.0 Å². The Kier molecular flexibility index (Phi) is 4.73. The van der Waals surface area contributed by atoms with Gasteiger partial charge in [0.15, 0.2) is 0 Å². The molecule has 0 spiro atoms. The van der Waals surface area contributed by atoms with E-state index in [1.807, 2.05) is 18.2 Å². The van der Waals surface area contributed by atoms with Gasteiger partial charge in [-0.1, -0.05) is 24.3 Å². The summed E-state index contributed by atoms with van der Waals surface area (Å²) in [5.41, 5.74) is 2.20. The minimum Gasteiger partial charge on any atom is -0.458 e. The fourth-order valence-corrected chi connectivity index (χ4v) is 2.49. The quantitative estimate of drug-likeness (QED) is 0.554. The molecular weight excluding hydrogens is 262 g/mol. The van der Waals surface area contributed by atoms with Crippen molar-refractivity contribution in [2.75, 3.05) is 6.61 Å². The Bertz CT molecular complexity index is 598. The fraction of sp³-hybridized carbons (Fsp3) is 0.444. The lowest BCUT2D eigenvalue weighted by atomic mass is 10.1. The van der Waals surface area contributed by atoms with Gasteiger partial charge < -0.3 is 14.5 Å². The number of para-hydroxylation sites is 1. The SMILES string of the molecule is C=CCCCOCc1oc2ccccc2c1CNC1CC1. The molecule has 0 aliphatic heterocycles. The standard InChI is InChI=1S/C18H23NO2/c1-2-3-6-11-20-13-18-16(12-19-14-9-10-14)15-7-4-5-8-17(15)21-18/h2,4-5,7-8,14,19H,1,3,6,9-13H2. The number of furan rings is 1. The number of hydrogen-bond donors (Lipinski definition) is 1. The van der Waals surface area contributed by atoms with E-state index in [-0.39, 0.29) is 0 Å². The third kappa shape index (κ3) is 3.74. The average molecular weight is 285 g/mol. The molecule has 0 amide bonds. The number of hydrogen-bond acceptors (Lipinski definition) is 3. The lowest BCUT2D eigenvalue weighted by Gasteiger charge is -2.05. The first-order chi connectivity index (χ1) is 10.4. The third-order valence-corrected chi connectivity index (χ3v) is 3.86. The van der Waals surface area contributed by atoms with E-state index in [0.717, 1.165) is 37.3 Å². The molecule has 0 radical (unpaired) electrons. The van der Waals surface area contributed by atoms with Gasteiger partial charge in [-0.05, 0) is 31.7 Å². The van der Waals surface area contributed by atoms with Crippen molar-refractivity contribution in [2.45, 2.75) is 44.9 Å². The monoisotopic (exact) mass is 285 g/mol. The summed E-state index contributed by atoms with van der Waals surface area (Å²) in [4.78, 5) is 0. The van der Waals surface area contributed by atoms with E-state index in [9.17, 15) is 0 Å². The van der Waals surface area contributed by atoms with Crippen LogP contribution in [0, 0.1) is 0 Å². The molecule has 1 fully saturated rings. The molecule has 1 aromatic heterocycles. The summed E-state index contributed by atoms with van der Waals surface area (Å²) in [5, 5.41) is 4.78. The summed E-state index contributed by atoms with van der Waals surface area (Å²) in [6, 6.07) is 8.92. The highest BCUT2D eigenvalue weighted by Gasteiger charge is 2.22. The van der Waals surface area contributed by atoms with Crippen LogP contribution in [-0.2, 0) is 17.9 Å². The average Bonchev–Trinajstić information content (AvgIpc) is 3.26. The Morgan fingerprint density at radius 3 is 3.00 bits per heavy atom. The van der Waals surface area contributed by atoms with Gasteiger partial charge in [-0.25, -0.2) is 0 Å². The second-order valence-corrected chi connectivity index (χ2v) is 5.64. The number of rotatable bonds is 9. The minimum atomic E-state index is 0.549. The maximum absolute atomic E-state index is 5.97. The van der Waals surface area contributed by atoms with Crippen LogP contribution in [0.2, 0.25) is 0 Å². The van der Waals surface area contributed by atoms with Crippen LogP contribution in [0.1, 0.15) is 37.0 Å². The molecule has 0 unspecified atom stereocenters. The Labute approximate surface area is 126 Å². The Hall–Kier alpha value is -1.58. The summed E-state index contributed by atoms with van der Waals surface area (Å²) in [5.74, 6) is 0.961. The zero-order valence-electron chi connectivity index (χ0n) is 12.4. The van der Waals surface area contributed by atoms with Crippen LogP contribution in [0.3, 0.4) is 0 Å². The molecule has 2 aromatic rings. The normalized spacial score (nSPS) is 14.7. The largest absolute Gasteiger partial charge is 0.458 e. The third-order valence-electron chi connectivity index (χ3n) is 3.86. The molecule has 0 saturated heterocycles. The van der Waals surface area contributed by atoms with E-state index < -0.39 is 0 Å². The van der Waals surface area contributed by atoms with Crippen molar-refractivity contribution in [3.05, 3.63) is 48.2 Å². The van der Waals surface area contributed by atoms with E-state index in [2.05, 4.69) is 24.0 Å². The number of unbranched alkanes of at least 4 members (excludes halogenated alkanes) is 1. The highest BCUT2D eigenvalue weighted by atomic mass is 16.5. The summed E-state index contributed by atoms with van der Waals surface area (Å²) < 4.78 is 11.7. The second kappa shape index (κ2) is 6.92. The lowest BCUT2D eigenvalue weighted by Crippen LogP contribution is -2.16. The smallest absolute Gasteiger partial charge is 0.135 e. The molecule has 1 aromatic carbocycles. The zero-order chi connectivity index (χ0) is 14.5. The first kappa shape index (κ1) is 14.4. The Morgan fingerprint density at radius 2 is 2.19 bits per heavy atom. The number of allylic oxidation sites excluding steroid dienone is 1. The topological polar surface area (TPSA) is 34.4 Å². The van der Waals surface area contributed by atoms with Crippen molar-refractivity contribution in [1.82, 2.24) is 5.32 Å².